The molecule has 0 aliphatic carbocycles. The summed E-state index contributed by atoms with van der Waals surface area (Å²) in [4.78, 5) is 10.6. The molecule has 0 atom stereocenters. The first-order valence-electron chi connectivity index (χ1n) is 2.88. The summed E-state index contributed by atoms with van der Waals surface area (Å²) in [6.07, 6.45) is 0.298. The van der Waals surface area contributed by atoms with Crippen molar-refractivity contribution in [2.75, 3.05) is 6.67 Å². The standard InChI is InChI=1S/C4H7FN4O.K.H/c5-2-1-3-9-4(10)6-7-8-9;;/h1-3H2,(H,6,8,10);;/q;+1;-1. The summed E-state index contributed by atoms with van der Waals surface area (Å²) in [7, 11) is 0. The number of aromatic nitrogens is 4. The molecule has 0 bridgehead atoms. The first-order chi connectivity index (χ1) is 4.84. The van der Waals surface area contributed by atoms with E-state index >= 15 is 0 Å². The number of aromatic amines is 1. The molecule has 1 rings (SSSR count). The molecule has 1 aromatic heterocycles. The van der Waals surface area contributed by atoms with Gasteiger partial charge in [-0.15, -0.1) is 0 Å². The quantitative estimate of drug-likeness (QED) is 0.497. The Kier molecular flexibility index (Phi) is 6.25. The van der Waals surface area contributed by atoms with Crippen LogP contribution in [-0.4, -0.2) is 26.9 Å². The van der Waals surface area contributed by atoms with Gasteiger partial charge >= 0.3 is 57.1 Å². The minimum atomic E-state index is -0.445. The maximum Gasteiger partial charge on any atom is 1.00 e. The second-order valence-electron chi connectivity index (χ2n) is 1.77. The zero-order chi connectivity index (χ0) is 7.40. The van der Waals surface area contributed by atoms with E-state index < -0.39 is 12.4 Å². The van der Waals surface area contributed by atoms with Crippen molar-refractivity contribution in [1.29, 1.82) is 0 Å². The number of nitrogens with one attached hydrogen (secondary N) is 1. The number of tetrazole rings is 1. The van der Waals surface area contributed by atoms with Gasteiger partial charge in [-0.2, -0.15) is 4.68 Å². The van der Waals surface area contributed by atoms with E-state index in [4.69, 9.17) is 0 Å². The van der Waals surface area contributed by atoms with Crippen LogP contribution in [0.1, 0.15) is 7.85 Å². The minimum absolute atomic E-state index is 0. The molecule has 0 unspecified atom stereocenters. The number of hydrogen-bond acceptors (Lipinski definition) is 3. The molecule has 0 aliphatic rings. The number of alkyl halides is 1. The van der Waals surface area contributed by atoms with E-state index in [1.165, 1.54) is 0 Å². The molecule has 11 heavy (non-hydrogen) atoms. The number of aryl methyl sites for hydroxylation is 1. The molecule has 1 aromatic rings. The molecule has 0 saturated carbocycles. The fourth-order valence-corrected chi connectivity index (χ4v) is 0.573. The third-order valence-corrected chi connectivity index (χ3v) is 1.04. The van der Waals surface area contributed by atoms with E-state index in [2.05, 4.69) is 15.5 Å². The molecule has 0 spiro atoms. The summed E-state index contributed by atoms with van der Waals surface area (Å²) >= 11 is 0. The number of halogens is 1. The summed E-state index contributed by atoms with van der Waals surface area (Å²) in [6, 6.07) is 0. The van der Waals surface area contributed by atoms with Crippen molar-refractivity contribution < 1.29 is 57.2 Å². The summed E-state index contributed by atoms with van der Waals surface area (Å²) < 4.78 is 12.6. The Morgan fingerprint density at radius 2 is 2.45 bits per heavy atom. The summed E-state index contributed by atoms with van der Waals surface area (Å²) in [6.45, 7) is -0.162. The molecule has 0 aliphatic heterocycles. The van der Waals surface area contributed by atoms with Crippen LogP contribution in [0.15, 0.2) is 4.79 Å². The van der Waals surface area contributed by atoms with Crippen LogP contribution in [0.5, 0.6) is 0 Å². The molecule has 0 amide bonds. The Bertz CT molecular complexity index is 251. The molecule has 0 radical (unpaired) electrons. The maximum absolute atomic E-state index is 11.5. The predicted octanol–water partition coefficient (Wildman–Crippen LogP) is -3.56. The van der Waals surface area contributed by atoms with Crippen molar-refractivity contribution in [1.82, 2.24) is 20.2 Å². The third-order valence-electron chi connectivity index (χ3n) is 1.04. The zero-order valence-electron chi connectivity index (χ0n) is 7.25. The Labute approximate surface area is 106 Å². The third kappa shape index (κ3) is 3.56. The van der Waals surface area contributed by atoms with E-state index in [1.54, 1.807) is 0 Å². The number of rotatable bonds is 3. The van der Waals surface area contributed by atoms with E-state index in [1.807, 2.05) is 0 Å². The van der Waals surface area contributed by atoms with Crippen molar-refractivity contribution in [2.24, 2.45) is 0 Å². The van der Waals surface area contributed by atoms with Crippen LogP contribution in [0, 0.1) is 0 Å². The van der Waals surface area contributed by atoms with Gasteiger partial charge in [0.2, 0.25) is 0 Å². The minimum Gasteiger partial charge on any atom is -1.00 e. The average molecular weight is 186 g/mol. The molecule has 5 nitrogen and oxygen atoms in total. The smallest absolute Gasteiger partial charge is 1.00 e. The molecule has 0 saturated heterocycles. The SMILES string of the molecule is O=c1[nH]nnn1CCCF.[H-].[K+]. The number of nitrogens with zero attached hydrogens (tertiary/aromatic N) is 3. The zero-order valence-corrected chi connectivity index (χ0v) is 9.37. The fraction of sp³-hybridized carbons (Fsp3) is 0.750. The number of hydrogen-bond donors (Lipinski definition) is 1. The van der Waals surface area contributed by atoms with Gasteiger partial charge in [-0.25, -0.2) is 9.89 Å². The van der Waals surface area contributed by atoms with Crippen molar-refractivity contribution in [3.05, 3.63) is 10.5 Å². The van der Waals surface area contributed by atoms with Gasteiger partial charge in [0.05, 0.1) is 13.2 Å². The summed E-state index contributed by atoms with van der Waals surface area (Å²) in [5.74, 6) is 0. The topological polar surface area (TPSA) is 63.6 Å². The van der Waals surface area contributed by atoms with Crippen LogP contribution in [0.3, 0.4) is 0 Å². The van der Waals surface area contributed by atoms with E-state index in [0.29, 0.717) is 6.42 Å². The Hall–Kier alpha value is 0.436. The van der Waals surface area contributed by atoms with Crippen molar-refractivity contribution in [3.63, 3.8) is 0 Å². The van der Waals surface area contributed by atoms with Gasteiger partial charge in [-0.1, -0.05) is 0 Å². The molecule has 1 heterocycles. The fourth-order valence-electron chi connectivity index (χ4n) is 0.573. The molecule has 0 fully saturated rings. The van der Waals surface area contributed by atoms with Crippen LogP contribution in [0.2, 0.25) is 0 Å². The normalized spacial score (nSPS) is 9.18. The largest absolute Gasteiger partial charge is 1.00 e. The van der Waals surface area contributed by atoms with E-state index in [0.717, 1.165) is 4.68 Å². The second kappa shape index (κ2) is 6.01. The van der Waals surface area contributed by atoms with Gasteiger partial charge < -0.3 is 1.43 Å². The van der Waals surface area contributed by atoms with Gasteiger partial charge in [0.1, 0.15) is 0 Å². The predicted molar refractivity (Wildman–Crippen MR) is 32.3 cm³/mol. The van der Waals surface area contributed by atoms with Crippen LogP contribution in [-0.2, 0) is 6.54 Å². The van der Waals surface area contributed by atoms with Crippen LogP contribution in [0.25, 0.3) is 0 Å². The molecular formula is C4H8FKN4O. The van der Waals surface area contributed by atoms with Gasteiger partial charge in [0, 0.05) is 0 Å². The van der Waals surface area contributed by atoms with Gasteiger partial charge in [0.15, 0.2) is 0 Å². The van der Waals surface area contributed by atoms with E-state index in [9.17, 15) is 9.18 Å². The molecule has 58 valence electrons. The molecule has 1 N–H and O–H groups in total. The Morgan fingerprint density at radius 3 is 2.91 bits per heavy atom. The molecule has 0 aromatic carbocycles. The molecule has 7 heteroatoms. The van der Waals surface area contributed by atoms with Crippen molar-refractivity contribution >= 4 is 0 Å². The maximum atomic E-state index is 11.5. The summed E-state index contributed by atoms with van der Waals surface area (Å²) in [5, 5.41) is 8.71. The summed E-state index contributed by atoms with van der Waals surface area (Å²) in [5.41, 5.74) is -0.395. The van der Waals surface area contributed by atoms with Crippen molar-refractivity contribution in [3.8, 4) is 0 Å². The number of H-pyrrole nitrogens is 1. The van der Waals surface area contributed by atoms with E-state index in [-0.39, 0.29) is 59.4 Å². The monoisotopic (exact) mass is 186 g/mol. The van der Waals surface area contributed by atoms with Crippen molar-refractivity contribution in [2.45, 2.75) is 13.0 Å². The van der Waals surface area contributed by atoms with Crippen LogP contribution in [0.4, 0.5) is 4.39 Å². The first kappa shape index (κ1) is 11.4. The van der Waals surface area contributed by atoms with Crippen LogP contribution < -0.4 is 57.1 Å². The second-order valence-corrected chi connectivity index (χ2v) is 1.77. The molecular weight excluding hydrogens is 178 g/mol. The van der Waals surface area contributed by atoms with Crippen LogP contribution >= 0.6 is 0 Å². The Morgan fingerprint density at radius 1 is 1.73 bits per heavy atom. The van der Waals surface area contributed by atoms with Gasteiger partial charge in [-0.3, -0.25) is 4.39 Å². The van der Waals surface area contributed by atoms with Gasteiger partial charge in [-0.05, 0) is 16.8 Å². The Balaban J connectivity index is 0. The van der Waals surface area contributed by atoms with Gasteiger partial charge in [0.25, 0.3) is 0 Å². The average Bonchev–Trinajstić information content (AvgIpc) is 2.31. The first-order valence-corrected chi connectivity index (χ1v) is 2.88.